The normalized spacial score (nSPS) is 17.5. The largest absolute Gasteiger partial charge is 0.497 e. The Morgan fingerprint density at radius 1 is 1.35 bits per heavy atom. The van der Waals surface area contributed by atoms with Crippen LogP contribution in [0.2, 0.25) is 0 Å². The molecule has 1 aromatic carbocycles. The lowest BCUT2D eigenvalue weighted by Crippen LogP contribution is -2.40. The van der Waals surface area contributed by atoms with Crippen molar-refractivity contribution in [2.45, 2.75) is 45.6 Å². The second-order valence-electron chi connectivity index (χ2n) is 6.73. The highest BCUT2D eigenvalue weighted by atomic mass is 16.5. The molecule has 0 amide bonds. The first-order chi connectivity index (χ1) is 12.5. The van der Waals surface area contributed by atoms with Gasteiger partial charge in [0.05, 0.1) is 26.2 Å². The van der Waals surface area contributed by atoms with Gasteiger partial charge >= 0.3 is 5.97 Å². The molecule has 1 atom stereocenters. The Kier molecular flexibility index (Phi) is 7.75. The fourth-order valence-corrected chi connectivity index (χ4v) is 3.10. The van der Waals surface area contributed by atoms with Crippen molar-refractivity contribution < 1.29 is 14.3 Å². The van der Waals surface area contributed by atoms with E-state index in [9.17, 15) is 4.79 Å². The lowest BCUT2D eigenvalue weighted by atomic mass is 9.98. The first-order valence-corrected chi connectivity index (χ1v) is 9.40. The van der Waals surface area contributed by atoms with Crippen molar-refractivity contribution in [2.75, 3.05) is 33.3 Å². The molecule has 0 spiro atoms. The zero-order valence-electron chi connectivity index (χ0n) is 16.3. The maximum Gasteiger partial charge on any atom is 0.307 e. The van der Waals surface area contributed by atoms with Crippen LogP contribution in [0.4, 0.5) is 0 Å². The third kappa shape index (κ3) is 5.93. The van der Waals surface area contributed by atoms with Crippen molar-refractivity contribution in [3.63, 3.8) is 0 Å². The van der Waals surface area contributed by atoms with Crippen LogP contribution in [0, 0.1) is 0 Å². The quantitative estimate of drug-likeness (QED) is 0.460. The number of benzene rings is 1. The Hall–Kier alpha value is -2.24. The van der Waals surface area contributed by atoms with Gasteiger partial charge in [-0.2, -0.15) is 0 Å². The molecule has 0 aliphatic carbocycles. The van der Waals surface area contributed by atoms with Crippen LogP contribution in [0.3, 0.4) is 0 Å². The van der Waals surface area contributed by atoms with Gasteiger partial charge in [-0.15, -0.1) is 0 Å². The van der Waals surface area contributed by atoms with Crippen molar-refractivity contribution >= 4 is 11.9 Å². The molecule has 0 saturated carbocycles. The monoisotopic (exact) mass is 361 g/mol. The number of nitrogens with zero attached hydrogens (tertiary/aromatic N) is 2. The van der Waals surface area contributed by atoms with Gasteiger partial charge in [0.15, 0.2) is 5.96 Å². The summed E-state index contributed by atoms with van der Waals surface area (Å²) in [5.74, 6) is 2.04. The molecule has 1 aliphatic rings. The number of hydrogen-bond donors (Lipinski definition) is 1. The summed E-state index contributed by atoms with van der Waals surface area (Å²) in [7, 11) is 1.68. The average Bonchev–Trinajstić information content (AvgIpc) is 3.10. The highest BCUT2D eigenvalue weighted by Crippen LogP contribution is 2.28. The van der Waals surface area contributed by atoms with E-state index in [1.807, 2.05) is 26.0 Å². The summed E-state index contributed by atoms with van der Waals surface area (Å²) in [4.78, 5) is 18.5. The zero-order valence-corrected chi connectivity index (χ0v) is 16.3. The molecule has 1 saturated heterocycles. The molecule has 26 heavy (non-hydrogen) atoms. The van der Waals surface area contributed by atoms with Crippen molar-refractivity contribution in [3.8, 4) is 5.75 Å². The first-order valence-electron chi connectivity index (χ1n) is 9.40. The molecule has 2 rings (SSSR count). The van der Waals surface area contributed by atoms with Gasteiger partial charge in [-0.05, 0) is 44.9 Å². The van der Waals surface area contributed by atoms with E-state index in [2.05, 4.69) is 34.3 Å². The maximum absolute atomic E-state index is 11.7. The molecule has 0 aromatic heterocycles. The summed E-state index contributed by atoms with van der Waals surface area (Å²) in [6.07, 6.45) is 1.32. The molecule has 144 valence electrons. The third-order valence-electron chi connectivity index (χ3n) is 4.35. The molecule has 0 bridgehead atoms. The van der Waals surface area contributed by atoms with E-state index >= 15 is 0 Å². The molecular weight excluding hydrogens is 330 g/mol. The van der Waals surface area contributed by atoms with Crippen molar-refractivity contribution in [1.29, 1.82) is 0 Å². The van der Waals surface area contributed by atoms with Crippen LogP contribution < -0.4 is 10.1 Å². The topological polar surface area (TPSA) is 63.2 Å². The fourth-order valence-electron chi connectivity index (χ4n) is 3.10. The summed E-state index contributed by atoms with van der Waals surface area (Å²) in [5.41, 5.74) is 1.32. The van der Waals surface area contributed by atoms with Crippen molar-refractivity contribution in [3.05, 3.63) is 29.8 Å². The Bertz CT molecular complexity index is 599. The lowest BCUT2D eigenvalue weighted by Gasteiger charge is -2.22. The number of aliphatic imine (C=N–C) groups is 1. The molecule has 1 unspecified atom stereocenters. The minimum absolute atomic E-state index is 0.0800. The molecule has 1 heterocycles. The van der Waals surface area contributed by atoms with Gasteiger partial charge in [0.2, 0.25) is 0 Å². The van der Waals surface area contributed by atoms with Gasteiger partial charge in [-0.25, -0.2) is 0 Å². The number of nitrogens with one attached hydrogen (secondary N) is 1. The number of likely N-dealkylation sites (tertiary alicyclic amines) is 1. The summed E-state index contributed by atoms with van der Waals surface area (Å²) in [5, 5.41) is 3.33. The Labute approximate surface area is 156 Å². The Balaban J connectivity index is 1.92. The summed E-state index contributed by atoms with van der Waals surface area (Å²) in [6, 6.07) is 8.30. The number of hydrogen-bond acceptors (Lipinski definition) is 4. The molecule has 6 nitrogen and oxygen atoms in total. The highest BCUT2D eigenvalue weighted by molar-refractivity contribution is 5.80. The van der Waals surface area contributed by atoms with Crippen LogP contribution in [-0.2, 0) is 9.53 Å². The van der Waals surface area contributed by atoms with Crippen LogP contribution in [-0.4, -0.2) is 56.2 Å². The van der Waals surface area contributed by atoms with E-state index in [1.165, 1.54) is 5.56 Å². The molecule has 1 aromatic rings. The highest BCUT2D eigenvalue weighted by Gasteiger charge is 2.26. The summed E-state index contributed by atoms with van der Waals surface area (Å²) in [6.45, 7) is 8.90. The number of methoxy groups -OCH3 is 1. The second kappa shape index (κ2) is 10.0. The number of carbonyl (C=O) groups is 1. The van der Waals surface area contributed by atoms with Crippen LogP contribution >= 0.6 is 0 Å². The number of esters is 1. The number of guanidine groups is 1. The van der Waals surface area contributed by atoms with Gasteiger partial charge in [0, 0.05) is 25.6 Å². The SMILES string of the molecule is CCNC(=NCCC(=O)OC(C)C)N1CCC(c2ccc(OC)cc2)C1. The van der Waals surface area contributed by atoms with Crippen molar-refractivity contribution in [1.82, 2.24) is 10.2 Å². The fraction of sp³-hybridized carbons (Fsp3) is 0.600. The van der Waals surface area contributed by atoms with Gasteiger partial charge in [-0.3, -0.25) is 9.79 Å². The minimum atomic E-state index is -0.197. The molecule has 1 aliphatic heterocycles. The zero-order chi connectivity index (χ0) is 18.9. The predicted molar refractivity (Wildman–Crippen MR) is 104 cm³/mol. The number of rotatable bonds is 7. The van der Waals surface area contributed by atoms with E-state index in [-0.39, 0.29) is 12.1 Å². The number of ether oxygens (including phenoxy) is 2. The second-order valence-corrected chi connectivity index (χ2v) is 6.73. The Morgan fingerprint density at radius 3 is 2.69 bits per heavy atom. The van der Waals surface area contributed by atoms with E-state index in [0.717, 1.165) is 37.8 Å². The van der Waals surface area contributed by atoms with E-state index in [0.29, 0.717) is 18.9 Å². The average molecular weight is 361 g/mol. The maximum atomic E-state index is 11.7. The smallest absolute Gasteiger partial charge is 0.307 e. The van der Waals surface area contributed by atoms with Crippen LogP contribution in [0.1, 0.15) is 45.1 Å². The van der Waals surface area contributed by atoms with Gasteiger partial charge < -0.3 is 19.7 Å². The van der Waals surface area contributed by atoms with Gasteiger partial charge in [0.1, 0.15) is 5.75 Å². The van der Waals surface area contributed by atoms with Crippen molar-refractivity contribution in [2.24, 2.45) is 4.99 Å². The standard InChI is InChI=1S/C20H31N3O3/c1-5-21-20(22-12-10-19(24)26-15(2)3)23-13-11-17(14-23)16-6-8-18(25-4)9-7-16/h6-9,15,17H,5,10-14H2,1-4H3,(H,21,22). The van der Waals surface area contributed by atoms with Gasteiger partial charge in [0.25, 0.3) is 0 Å². The molecule has 1 fully saturated rings. The Morgan fingerprint density at radius 2 is 2.08 bits per heavy atom. The first kappa shape index (κ1) is 20.1. The predicted octanol–water partition coefficient (Wildman–Crippen LogP) is 2.79. The molecule has 6 heteroatoms. The molecule has 0 radical (unpaired) electrons. The van der Waals surface area contributed by atoms with Crippen LogP contribution in [0.25, 0.3) is 0 Å². The molecular formula is C20H31N3O3. The summed E-state index contributed by atoms with van der Waals surface area (Å²) >= 11 is 0. The van der Waals surface area contributed by atoms with Gasteiger partial charge in [-0.1, -0.05) is 12.1 Å². The van der Waals surface area contributed by atoms with Crippen LogP contribution in [0.5, 0.6) is 5.75 Å². The van der Waals surface area contributed by atoms with E-state index in [1.54, 1.807) is 7.11 Å². The summed E-state index contributed by atoms with van der Waals surface area (Å²) < 4.78 is 10.4. The van der Waals surface area contributed by atoms with E-state index in [4.69, 9.17) is 9.47 Å². The number of carbonyl (C=O) groups excluding carboxylic acids is 1. The lowest BCUT2D eigenvalue weighted by molar-refractivity contribution is -0.147. The van der Waals surface area contributed by atoms with E-state index < -0.39 is 0 Å². The minimum Gasteiger partial charge on any atom is -0.497 e. The van der Waals surface area contributed by atoms with Crippen LogP contribution in [0.15, 0.2) is 29.3 Å². The third-order valence-corrected chi connectivity index (χ3v) is 4.35. The molecule has 1 N–H and O–H groups in total.